The zero-order valence-corrected chi connectivity index (χ0v) is 7.60. The highest BCUT2D eigenvalue weighted by molar-refractivity contribution is 6.06. The Labute approximate surface area is 81.3 Å². The summed E-state index contributed by atoms with van der Waals surface area (Å²) in [6.07, 6.45) is 5.66. The van der Waals surface area contributed by atoms with E-state index < -0.39 is 0 Å². The number of benzene rings is 1. The van der Waals surface area contributed by atoms with E-state index in [1.54, 1.807) is 6.08 Å². The third-order valence-electron chi connectivity index (χ3n) is 2.15. The van der Waals surface area contributed by atoms with Crippen LogP contribution in [-0.2, 0) is 11.2 Å². The third-order valence-corrected chi connectivity index (χ3v) is 2.15. The van der Waals surface area contributed by atoms with E-state index >= 15 is 0 Å². The van der Waals surface area contributed by atoms with Gasteiger partial charge in [0.1, 0.15) is 0 Å². The Hall–Kier alpha value is -1.90. The van der Waals surface area contributed by atoms with Crippen LogP contribution >= 0.6 is 0 Å². The Morgan fingerprint density at radius 3 is 3.07 bits per heavy atom. The molecule has 0 unspecified atom stereocenters. The molecule has 0 saturated carbocycles. The molecular weight excluding hydrogens is 176 g/mol. The summed E-state index contributed by atoms with van der Waals surface area (Å²) in [5, 5.41) is 1.69. The van der Waals surface area contributed by atoms with Crippen LogP contribution < -0.4 is 16.3 Å². The standard InChI is InChI=1S/C11H10N2O/c12-6-2-4-8-3-1-5-10-9(8)7-11(14)13-10/h1-3,5-7H,4,12H2. The molecule has 0 radical (unpaired) electrons. The van der Waals surface area contributed by atoms with Crippen molar-refractivity contribution < 1.29 is 4.79 Å². The SMILES string of the molecule is NC=CCc1cccc2c1=CC(=O)N=2. The summed E-state index contributed by atoms with van der Waals surface area (Å²) >= 11 is 0. The molecule has 3 heteroatoms. The Bertz CT molecular complexity index is 515. The number of carbonyl (C=O) groups excluding carboxylic acids is 1. The number of carbonyl (C=O) groups is 1. The van der Waals surface area contributed by atoms with Crippen molar-refractivity contribution in [1.82, 2.24) is 0 Å². The molecule has 0 spiro atoms. The first-order valence-corrected chi connectivity index (χ1v) is 4.40. The first kappa shape index (κ1) is 8.69. The first-order valence-electron chi connectivity index (χ1n) is 4.40. The lowest BCUT2D eigenvalue weighted by atomic mass is 10.1. The first-order chi connectivity index (χ1) is 6.81. The van der Waals surface area contributed by atoms with Crippen molar-refractivity contribution in [3.8, 4) is 0 Å². The second kappa shape index (κ2) is 3.46. The maximum atomic E-state index is 11.1. The van der Waals surface area contributed by atoms with Crippen LogP contribution in [0.5, 0.6) is 0 Å². The fourth-order valence-electron chi connectivity index (χ4n) is 1.51. The number of amides is 1. The monoisotopic (exact) mass is 186 g/mol. The Balaban J connectivity index is 2.57. The summed E-state index contributed by atoms with van der Waals surface area (Å²) in [6.45, 7) is 0. The van der Waals surface area contributed by atoms with Gasteiger partial charge in [0.15, 0.2) is 0 Å². The van der Waals surface area contributed by atoms with Crippen LogP contribution in [0.25, 0.3) is 6.08 Å². The number of allylic oxidation sites excluding steroid dienone is 1. The van der Waals surface area contributed by atoms with Gasteiger partial charge in [-0.15, -0.1) is 0 Å². The predicted molar refractivity (Wildman–Crippen MR) is 53.7 cm³/mol. The van der Waals surface area contributed by atoms with Crippen LogP contribution in [0.2, 0.25) is 0 Å². The van der Waals surface area contributed by atoms with E-state index in [4.69, 9.17) is 5.73 Å². The molecule has 0 aliphatic carbocycles. The lowest BCUT2D eigenvalue weighted by Gasteiger charge is -1.95. The van der Waals surface area contributed by atoms with Gasteiger partial charge < -0.3 is 5.73 Å². The molecule has 0 bridgehead atoms. The van der Waals surface area contributed by atoms with E-state index in [2.05, 4.69) is 4.99 Å². The molecule has 0 fully saturated rings. The molecule has 1 aromatic rings. The van der Waals surface area contributed by atoms with Crippen LogP contribution in [0.3, 0.4) is 0 Å². The average Bonchev–Trinajstić information content (AvgIpc) is 2.55. The molecular formula is C11H10N2O. The quantitative estimate of drug-likeness (QED) is 0.686. The zero-order chi connectivity index (χ0) is 9.97. The highest BCUT2D eigenvalue weighted by Gasteiger charge is 2.05. The molecule has 1 aromatic carbocycles. The van der Waals surface area contributed by atoms with Gasteiger partial charge in [0.25, 0.3) is 5.91 Å². The molecule has 3 nitrogen and oxygen atoms in total. The highest BCUT2D eigenvalue weighted by Crippen LogP contribution is 1.94. The van der Waals surface area contributed by atoms with E-state index in [0.717, 1.165) is 22.6 Å². The van der Waals surface area contributed by atoms with E-state index in [1.807, 2.05) is 24.3 Å². The minimum atomic E-state index is -0.177. The largest absolute Gasteiger partial charge is 0.405 e. The molecule has 1 aliphatic heterocycles. The van der Waals surface area contributed by atoms with Gasteiger partial charge >= 0.3 is 0 Å². The normalized spacial score (nSPS) is 13.9. The zero-order valence-electron chi connectivity index (χ0n) is 7.60. The van der Waals surface area contributed by atoms with Gasteiger partial charge in [-0.2, -0.15) is 0 Å². The van der Waals surface area contributed by atoms with Crippen LogP contribution in [0, 0.1) is 0 Å². The number of hydrogen-bond acceptors (Lipinski definition) is 2. The molecule has 0 aromatic heterocycles. The van der Waals surface area contributed by atoms with Gasteiger partial charge in [-0.1, -0.05) is 18.2 Å². The second-order valence-electron chi connectivity index (χ2n) is 3.08. The lowest BCUT2D eigenvalue weighted by Crippen LogP contribution is -2.25. The predicted octanol–water partition coefficient (Wildman–Crippen LogP) is -0.358. The maximum Gasteiger partial charge on any atom is 0.270 e. The van der Waals surface area contributed by atoms with Gasteiger partial charge in [-0.25, -0.2) is 4.99 Å². The summed E-state index contributed by atoms with van der Waals surface area (Å²) in [6, 6.07) is 5.71. The van der Waals surface area contributed by atoms with Crippen molar-refractivity contribution >= 4 is 12.0 Å². The van der Waals surface area contributed by atoms with Gasteiger partial charge in [0.2, 0.25) is 0 Å². The second-order valence-corrected chi connectivity index (χ2v) is 3.08. The minimum absolute atomic E-state index is 0.177. The molecule has 2 rings (SSSR count). The summed E-state index contributed by atoms with van der Waals surface area (Å²) in [5.74, 6) is -0.177. The van der Waals surface area contributed by atoms with Crippen LogP contribution in [-0.4, -0.2) is 5.91 Å². The Kier molecular flexibility index (Phi) is 2.14. The molecule has 0 atom stereocenters. The van der Waals surface area contributed by atoms with E-state index in [-0.39, 0.29) is 5.91 Å². The smallest absolute Gasteiger partial charge is 0.270 e. The van der Waals surface area contributed by atoms with E-state index in [1.165, 1.54) is 6.20 Å². The molecule has 70 valence electrons. The van der Waals surface area contributed by atoms with Crippen LogP contribution in [0.15, 0.2) is 35.5 Å². The topological polar surface area (TPSA) is 55.5 Å². The molecule has 0 saturated heterocycles. The van der Waals surface area contributed by atoms with Gasteiger partial charge in [0, 0.05) is 11.3 Å². The van der Waals surface area contributed by atoms with Crippen molar-refractivity contribution in [3.63, 3.8) is 0 Å². The molecule has 1 amide bonds. The van der Waals surface area contributed by atoms with E-state index in [9.17, 15) is 4.79 Å². The van der Waals surface area contributed by atoms with Crippen LogP contribution in [0.1, 0.15) is 5.56 Å². The molecule has 2 N–H and O–H groups in total. The molecule has 1 heterocycles. The summed E-state index contributed by atoms with van der Waals surface area (Å²) in [4.78, 5) is 14.9. The summed E-state index contributed by atoms with van der Waals surface area (Å²) in [5.41, 5.74) is 6.35. The molecule has 1 aliphatic rings. The number of hydrogen-bond donors (Lipinski definition) is 1. The third kappa shape index (κ3) is 1.44. The average molecular weight is 186 g/mol. The number of rotatable bonds is 2. The Morgan fingerprint density at radius 2 is 2.29 bits per heavy atom. The summed E-state index contributed by atoms with van der Waals surface area (Å²) in [7, 11) is 0. The number of fused-ring (bicyclic) bond motifs is 1. The fraction of sp³-hybridized carbons (Fsp3) is 0.0909. The van der Waals surface area contributed by atoms with Crippen LogP contribution in [0.4, 0.5) is 0 Å². The highest BCUT2D eigenvalue weighted by atomic mass is 16.1. The fourth-order valence-corrected chi connectivity index (χ4v) is 1.51. The number of nitrogens with zero attached hydrogens (tertiary/aromatic N) is 1. The molecule has 14 heavy (non-hydrogen) atoms. The van der Waals surface area contributed by atoms with Gasteiger partial charge in [0.05, 0.1) is 5.36 Å². The van der Waals surface area contributed by atoms with Crippen molar-refractivity contribution in [2.75, 3.05) is 0 Å². The summed E-state index contributed by atoms with van der Waals surface area (Å²) < 4.78 is 0. The van der Waals surface area contributed by atoms with Crippen molar-refractivity contribution in [2.45, 2.75) is 6.42 Å². The van der Waals surface area contributed by atoms with Gasteiger partial charge in [-0.05, 0) is 24.3 Å². The lowest BCUT2D eigenvalue weighted by molar-refractivity contribution is -0.112. The van der Waals surface area contributed by atoms with Crippen molar-refractivity contribution in [3.05, 3.63) is 46.6 Å². The van der Waals surface area contributed by atoms with E-state index in [0.29, 0.717) is 0 Å². The van der Waals surface area contributed by atoms with Crippen molar-refractivity contribution in [2.24, 2.45) is 10.7 Å². The number of nitrogens with two attached hydrogens (primary N) is 1. The minimum Gasteiger partial charge on any atom is -0.405 e. The van der Waals surface area contributed by atoms with Crippen molar-refractivity contribution in [1.29, 1.82) is 0 Å². The Morgan fingerprint density at radius 1 is 1.43 bits per heavy atom. The van der Waals surface area contributed by atoms with Gasteiger partial charge in [-0.3, -0.25) is 4.79 Å². The maximum absolute atomic E-state index is 11.1.